The van der Waals surface area contributed by atoms with Gasteiger partial charge in [-0.1, -0.05) is 6.92 Å². The second-order valence-corrected chi connectivity index (χ2v) is 7.45. The van der Waals surface area contributed by atoms with Gasteiger partial charge in [-0.2, -0.15) is 5.10 Å². The van der Waals surface area contributed by atoms with E-state index in [1.807, 2.05) is 29.5 Å². The van der Waals surface area contributed by atoms with Crippen LogP contribution in [0.4, 0.5) is 0 Å². The topological polar surface area (TPSA) is 58.4 Å². The number of aromatic nitrogens is 2. The van der Waals surface area contributed by atoms with Crippen LogP contribution in [0.25, 0.3) is 0 Å². The molecule has 1 unspecified atom stereocenters. The van der Waals surface area contributed by atoms with E-state index in [9.17, 15) is 9.90 Å². The molecule has 1 N–H and O–H groups in total. The summed E-state index contributed by atoms with van der Waals surface area (Å²) < 4.78 is 1.92. The van der Waals surface area contributed by atoms with Gasteiger partial charge in [0, 0.05) is 37.2 Å². The third-order valence-corrected chi connectivity index (χ3v) is 6.30. The Morgan fingerprint density at radius 1 is 1.26 bits per heavy atom. The number of carbonyl (C=O) groups excluding carboxylic acids is 1. The molecule has 1 spiro atoms. The first-order valence-corrected chi connectivity index (χ1v) is 8.90. The SMILES string of the molecule is CCC1(O)CCC12CCN(C(=O)CCn1nc(C)cc1C)CC2. The van der Waals surface area contributed by atoms with Gasteiger partial charge < -0.3 is 10.0 Å². The molecule has 2 aliphatic rings. The zero-order chi connectivity index (χ0) is 16.7. The summed E-state index contributed by atoms with van der Waals surface area (Å²) in [4.78, 5) is 14.4. The first-order chi connectivity index (χ1) is 10.9. The number of hydrogen-bond acceptors (Lipinski definition) is 3. The van der Waals surface area contributed by atoms with E-state index in [1.165, 1.54) is 0 Å². The van der Waals surface area contributed by atoms with Gasteiger partial charge in [0.2, 0.25) is 5.91 Å². The average molecular weight is 319 g/mol. The number of hydrogen-bond donors (Lipinski definition) is 1. The lowest BCUT2D eigenvalue weighted by Crippen LogP contribution is -2.61. The molecular weight excluding hydrogens is 290 g/mol. The van der Waals surface area contributed by atoms with Crippen LogP contribution >= 0.6 is 0 Å². The third kappa shape index (κ3) is 2.80. The maximum absolute atomic E-state index is 12.5. The first-order valence-electron chi connectivity index (χ1n) is 8.90. The Kier molecular flexibility index (Phi) is 4.25. The van der Waals surface area contributed by atoms with Crippen LogP contribution in [-0.2, 0) is 11.3 Å². The molecule has 2 heterocycles. The van der Waals surface area contributed by atoms with Gasteiger partial charge >= 0.3 is 0 Å². The van der Waals surface area contributed by atoms with Crippen molar-refractivity contribution in [2.24, 2.45) is 5.41 Å². The fraction of sp³-hybridized carbons (Fsp3) is 0.778. The lowest BCUT2D eigenvalue weighted by Gasteiger charge is -2.59. The average Bonchev–Trinajstić information content (AvgIpc) is 2.88. The normalized spacial score (nSPS) is 26.3. The van der Waals surface area contributed by atoms with Gasteiger partial charge in [0.15, 0.2) is 0 Å². The van der Waals surface area contributed by atoms with Crippen LogP contribution in [0.15, 0.2) is 6.07 Å². The fourth-order valence-corrected chi connectivity index (χ4v) is 4.48. The zero-order valence-corrected chi connectivity index (χ0v) is 14.6. The van der Waals surface area contributed by atoms with Gasteiger partial charge in [0.05, 0.1) is 11.3 Å². The van der Waals surface area contributed by atoms with Gasteiger partial charge in [0.1, 0.15) is 0 Å². The lowest BCUT2D eigenvalue weighted by atomic mass is 9.51. The molecule has 1 aliphatic carbocycles. The Labute approximate surface area is 138 Å². The number of piperidine rings is 1. The minimum absolute atomic E-state index is 0.0776. The highest BCUT2D eigenvalue weighted by molar-refractivity contribution is 5.76. The summed E-state index contributed by atoms with van der Waals surface area (Å²) in [6.07, 6.45) is 5.28. The van der Waals surface area contributed by atoms with Gasteiger partial charge in [0.25, 0.3) is 0 Å². The predicted molar refractivity (Wildman–Crippen MR) is 89.0 cm³/mol. The molecule has 1 aromatic heterocycles. The Bertz CT molecular complexity index is 583. The third-order valence-electron chi connectivity index (χ3n) is 6.30. The molecule has 1 saturated heterocycles. The van der Waals surface area contributed by atoms with E-state index < -0.39 is 5.60 Å². The summed E-state index contributed by atoms with van der Waals surface area (Å²) in [5.41, 5.74) is 1.70. The number of amides is 1. The van der Waals surface area contributed by atoms with Crippen molar-refractivity contribution in [2.75, 3.05) is 13.1 Å². The number of likely N-dealkylation sites (tertiary alicyclic amines) is 1. The second kappa shape index (κ2) is 5.93. The zero-order valence-electron chi connectivity index (χ0n) is 14.6. The van der Waals surface area contributed by atoms with Crippen LogP contribution in [0.2, 0.25) is 0 Å². The Hall–Kier alpha value is -1.36. The van der Waals surface area contributed by atoms with Crippen molar-refractivity contribution in [2.45, 2.75) is 71.4 Å². The molecular formula is C18H29N3O2. The van der Waals surface area contributed by atoms with Crippen molar-refractivity contribution in [1.29, 1.82) is 0 Å². The summed E-state index contributed by atoms with van der Waals surface area (Å²) in [6, 6.07) is 2.04. The highest BCUT2D eigenvalue weighted by atomic mass is 16.3. The number of rotatable bonds is 4. The molecule has 1 atom stereocenters. The van der Waals surface area contributed by atoms with Crippen LogP contribution in [0.3, 0.4) is 0 Å². The largest absolute Gasteiger partial charge is 0.389 e. The Morgan fingerprint density at radius 3 is 2.43 bits per heavy atom. The standard InChI is InChI=1S/C18H29N3O2/c1-4-18(23)7-6-17(18)8-11-20(12-9-17)16(22)5-10-21-15(3)13-14(2)19-21/h13,23H,4-12H2,1-3H3. The summed E-state index contributed by atoms with van der Waals surface area (Å²) in [5, 5.41) is 15.1. The van der Waals surface area contributed by atoms with Gasteiger partial charge in [-0.15, -0.1) is 0 Å². The summed E-state index contributed by atoms with van der Waals surface area (Å²) >= 11 is 0. The first kappa shape index (κ1) is 16.5. The van der Waals surface area contributed by atoms with Gasteiger partial charge in [-0.05, 0) is 52.0 Å². The smallest absolute Gasteiger partial charge is 0.224 e. The maximum atomic E-state index is 12.5. The molecule has 2 fully saturated rings. The van der Waals surface area contributed by atoms with Crippen molar-refractivity contribution in [1.82, 2.24) is 14.7 Å². The van der Waals surface area contributed by atoms with E-state index in [0.717, 1.165) is 56.6 Å². The minimum atomic E-state index is -0.480. The maximum Gasteiger partial charge on any atom is 0.224 e. The predicted octanol–water partition coefficient (Wildman–Crippen LogP) is 2.43. The highest BCUT2D eigenvalue weighted by Crippen LogP contribution is 2.57. The minimum Gasteiger partial charge on any atom is -0.389 e. The lowest BCUT2D eigenvalue weighted by molar-refractivity contribution is -0.192. The van der Waals surface area contributed by atoms with E-state index in [4.69, 9.17) is 0 Å². The van der Waals surface area contributed by atoms with Crippen molar-refractivity contribution in [3.05, 3.63) is 17.5 Å². The van der Waals surface area contributed by atoms with E-state index in [0.29, 0.717) is 13.0 Å². The Morgan fingerprint density at radius 2 is 1.96 bits per heavy atom. The number of aliphatic hydroxyl groups is 1. The molecule has 0 bridgehead atoms. The van der Waals surface area contributed by atoms with Crippen LogP contribution in [0.5, 0.6) is 0 Å². The molecule has 5 heteroatoms. The molecule has 0 radical (unpaired) electrons. The van der Waals surface area contributed by atoms with Crippen LogP contribution < -0.4 is 0 Å². The number of nitrogens with zero attached hydrogens (tertiary/aromatic N) is 3. The monoisotopic (exact) mass is 319 g/mol. The van der Waals surface area contributed by atoms with Crippen molar-refractivity contribution < 1.29 is 9.90 Å². The molecule has 0 aromatic carbocycles. The molecule has 23 heavy (non-hydrogen) atoms. The molecule has 1 saturated carbocycles. The number of aryl methyl sites for hydroxylation is 3. The second-order valence-electron chi connectivity index (χ2n) is 7.45. The highest BCUT2D eigenvalue weighted by Gasteiger charge is 2.57. The van der Waals surface area contributed by atoms with E-state index >= 15 is 0 Å². The molecule has 1 aliphatic heterocycles. The molecule has 5 nitrogen and oxygen atoms in total. The Balaban J connectivity index is 1.52. The van der Waals surface area contributed by atoms with Crippen LogP contribution in [0.1, 0.15) is 56.8 Å². The number of carbonyl (C=O) groups is 1. The van der Waals surface area contributed by atoms with Crippen LogP contribution in [-0.4, -0.2) is 44.4 Å². The quantitative estimate of drug-likeness (QED) is 0.927. The van der Waals surface area contributed by atoms with E-state index in [2.05, 4.69) is 12.0 Å². The van der Waals surface area contributed by atoms with Crippen molar-refractivity contribution >= 4 is 5.91 Å². The van der Waals surface area contributed by atoms with Crippen LogP contribution in [0, 0.1) is 19.3 Å². The van der Waals surface area contributed by atoms with Crippen molar-refractivity contribution in [3.8, 4) is 0 Å². The summed E-state index contributed by atoms with van der Waals surface area (Å²) in [5.74, 6) is 0.215. The molecule has 1 aromatic rings. The fourth-order valence-electron chi connectivity index (χ4n) is 4.48. The molecule has 3 rings (SSSR count). The summed E-state index contributed by atoms with van der Waals surface area (Å²) in [7, 11) is 0. The van der Waals surface area contributed by atoms with E-state index in [1.54, 1.807) is 0 Å². The van der Waals surface area contributed by atoms with Gasteiger partial charge in [-0.25, -0.2) is 0 Å². The van der Waals surface area contributed by atoms with E-state index in [-0.39, 0.29) is 11.3 Å². The molecule has 1 amide bonds. The van der Waals surface area contributed by atoms with Crippen molar-refractivity contribution in [3.63, 3.8) is 0 Å². The summed E-state index contributed by atoms with van der Waals surface area (Å²) in [6.45, 7) is 8.31. The molecule has 128 valence electrons. The van der Waals surface area contributed by atoms with Gasteiger partial charge in [-0.3, -0.25) is 9.48 Å².